The van der Waals surface area contributed by atoms with Crippen LogP contribution in [0.5, 0.6) is 0 Å². The largest absolute Gasteiger partial charge is 0.462 e. The lowest BCUT2D eigenvalue weighted by Gasteiger charge is -2.07. The lowest BCUT2D eigenvalue weighted by Crippen LogP contribution is -2.13. The summed E-state index contributed by atoms with van der Waals surface area (Å²) in [6.45, 7) is 2.04. The third kappa shape index (κ3) is 5.34. The predicted molar refractivity (Wildman–Crippen MR) is 119 cm³/mol. The van der Waals surface area contributed by atoms with Gasteiger partial charge < -0.3 is 14.5 Å². The zero-order chi connectivity index (χ0) is 22.4. The highest BCUT2D eigenvalue weighted by atomic mass is 35.5. The van der Waals surface area contributed by atoms with E-state index in [1.807, 2.05) is 6.07 Å². The van der Waals surface area contributed by atoms with Crippen LogP contribution in [0.25, 0.3) is 17.4 Å². The Labute approximate surface area is 188 Å². The lowest BCUT2D eigenvalue weighted by atomic mass is 10.1. The summed E-state index contributed by atoms with van der Waals surface area (Å²) < 4.78 is 10.7. The van der Waals surface area contributed by atoms with E-state index in [4.69, 9.17) is 32.4 Å². The van der Waals surface area contributed by atoms with Gasteiger partial charge in [-0.3, -0.25) is 4.79 Å². The average molecular weight is 455 g/mol. The Balaban J connectivity index is 1.77. The van der Waals surface area contributed by atoms with Gasteiger partial charge in [0.1, 0.15) is 23.2 Å². The van der Waals surface area contributed by atoms with E-state index >= 15 is 0 Å². The fourth-order valence-electron chi connectivity index (χ4n) is 2.65. The smallest absolute Gasteiger partial charge is 0.338 e. The molecule has 3 aromatic rings. The molecule has 0 radical (unpaired) electrons. The average Bonchev–Trinajstić information content (AvgIpc) is 3.24. The number of nitrogens with zero attached hydrogens (tertiary/aromatic N) is 1. The first-order chi connectivity index (χ1) is 14.9. The Kier molecular flexibility index (Phi) is 7.14. The first kappa shape index (κ1) is 22.2. The molecule has 0 bridgehead atoms. The van der Waals surface area contributed by atoms with Crippen molar-refractivity contribution in [2.24, 2.45) is 0 Å². The van der Waals surface area contributed by atoms with Crippen molar-refractivity contribution in [3.63, 3.8) is 0 Å². The first-order valence-electron chi connectivity index (χ1n) is 9.17. The van der Waals surface area contributed by atoms with Crippen LogP contribution in [-0.4, -0.2) is 18.5 Å². The maximum Gasteiger partial charge on any atom is 0.338 e. The van der Waals surface area contributed by atoms with E-state index in [0.717, 1.165) is 5.56 Å². The van der Waals surface area contributed by atoms with Gasteiger partial charge in [-0.25, -0.2) is 4.79 Å². The number of amides is 1. The maximum absolute atomic E-state index is 12.5. The molecule has 1 amide bonds. The fraction of sp³-hybridized carbons (Fsp3) is 0.0870. The molecule has 0 aliphatic rings. The Hall–Kier alpha value is -3.53. The van der Waals surface area contributed by atoms with E-state index in [1.165, 1.54) is 6.08 Å². The molecule has 0 unspecified atom stereocenters. The normalized spacial score (nSPS) is 11.0. The molecule has 1 N–H and O–H groups in total. The van der Waals surface area contributed by atoms with Gasteiger partial charge in [-0.1, -0.05) is 41.4 Å². The highest BCUT2D eigenvalue weighted by Gasteiger charge is 2.14. The summed E-state index contributed by atoms with van der Waals surface area (Å²) in [5.41, 5.74) is 1.28. The van der Waals surface area contributed by atoms with Crippen LogP contribution in [0.3, 0.4) is 0 Å². The molecule has 0 saturated heterocycles. The number of esters is 1. The van der Waals surface area contributed by atoms with E-state index in [2.05, 4.69) is 5.32 Å². The number of ether oxygens (including phenoxy) is 1. The van der Waals surface area contributed by atoms with Gasteiger partial charge in [0.25, 0.3) is 5.91 Å². The summed E-state index contributed by atoms with van der Waals surface area (Å²) in [5.74, 6) is -0.226. The fourth-order valence-corrected chi connectivity index (χ4v) is 3.00. The highest BCUT2D eigenvalue weighted by Crippen LogP contribution is 2.30. The number of carbonyl (C=O) groups excluding carboxylic acids is 2. The molecular weight excluding hydrogens is 439 g/mol. The zero-order valence-electron chi connectivity index (χ0n) is 16.3. The summed E-state index contributed by atoms with van der Waals surface area (Å²) in [6, 6.07) is 16.7. The minimum atomic E-state index is -0.650. The number of hydrogen-bond acceptors (Lipinski definition) is 5. The topological polar surface area (TPSA) is 92.3 Å². The molecule has 6 nitrogen and oxygen atoms in total. The lowest BCUT2D eigenvalue weighted by molar-refractivity contribution is -0.112. The molecule has 0 aliphatic carbocycles. The number of nitriles is 1. The van der Waals surface area contributed by atoms with Crippen LogP contribution in [0.2, 0.25) is 10.0 Å². The van der Waals surface area contributed by atoms with Crippen molar-refractivity contribution in [2.75, 3.05) is 11.9 Å². The Morgan fingerprint density at radius 2 is 1.87 bits per heavy atom. The molecule has 8 heteroatoms. The second-order valence-corrected chi connectivity index (χ2v) is 7.01. The monoisotopic (exact) mass is 454 g/mol. The standard InChI is InChI=1S/C23H16Cl2N2O4/c1-2-30-23(29)15-8-6-14(7-9-15)20-11-10-17(31-20)12-16(13-26)22(28)27-19-5-3-4-18(24)21(19)25/h3-12H,2H2,1H3,(H,27,28)/b16-12+. The second-order valence-electron chi connectivity index (χ2n) is 6.23. The van der Waals surface area contributed by atoms with Crippen molar-refractivity contribution in [3.05, 3.63) is 81.5 Å². The molecule has 31 heavy (non-hydrogen) atoms. The molecule has 156 valence electrons. The zero-order valence-corrected chi connectivity index (χ0v) is 17.8. The van der Waals surface area contributed by atoms with E-state index in [-0.39, 0.29) is 15.6 Å². The number of benzene rings is 2. The molecular formula is C23H16Cl2N2O4. The molecule has 3 rings (SSSR count). The Bertz CT molecular complexity index is 1190. The number of furan rings is 1. The summed E-state index contributed by atoms with van der Waals surface area (Å²) in [6.07, 6.45) is 1.32. The summed E-state index contributed by atoms with van der Waals surface area (Å²) >= 11 is 12.0. The third-order valence-corrected chi connectivity index (χ3v) is 4.98. The summed E-state index contributed by atoms with van der Waals surface area (Å²) in [4.78, 5) is 24.2. The molecule has 0 spiro atoms. The molecule has 2 aromatic carbocycles. The van der Waals surface area contributed by atoms with E-state index in [1.54, 1.807) is 61.5 Å². The van der Waals surface area contributed by atoms with Gasteiger partial charge in [0.15, 0.2) is 0 Å². The number of anilines is 1. The van der Waals surface area contributed by atoms with Crippen molar-refractivity contribution < 1.29 is 18.7 Å². The maximum atomic E-state index is 12.5. The number of halogens is 2. The van der Waals surface area contributed by atoms with Crippen LogP contribution in [-0.2, 0) is 9.53 Å². The molecule has 0 atom stereocenters. The van der Waals surface area contributed by atoms with Gasteiger partial charge in [0, 0.05) is 11.6 Å². The minimum Gasteiger partial charge on any atom is -0.462 e. The van der Waals surface area contributed by atoms with Crippen molar-refractivity contribution >= 4 is 46.8 Å². The van der Waals surface area contributed by atoms with Crippen molar-refractivity contribution in [3.8, 4) is 17.4 Å². The molecule has 0 fully saturated rings. The van der Waals surface area contributed by atoms with E-state index in [9.17, 15) is 14.9 Å². The van der Waals surface area contributed by atoms with Crippen LogP contribution >= 0.6 is 23.2 Å². The van der Waals surface area contributed by atoms with Crippen LogP contribution in [0.1, 0.15) is 23.0 Å². The number of rotatable bonds is 6. The van der Waals surface area contributed by atoms with Crippen LogP contribution in [0.15, 0.2) is 64.6 Å². The van der Waals surface area contributed by atoms with E-state index < -0.39 is 11.9 Å². The van der Waals surface area contributed by atoms with Crippen LogP contribution in [0.4, 0.5) is 5.69 Å². The molecule has 1 heterocycles. The predicted octanol–water partition coefficient (Wildman–Crippen LogP) is 5.98. The van der Waals surface area contributed by atoms with Gasteiger partial charge in [0.05, 0.1) is 27.9 Å². The highest BCUT2D eigenvalue weighted by molar-refractivity contribution is 6.44. The Morgan fingerprint density at radius 3 is 2.55 bits per heavy atom. The van der Waals surface area contributed by atoms with Crippen LogP contribution in [0, 0.1) is 11.3 Å². The number of carbonyl (C=O) groups is 2. The van der Waals surface area contributed by atoms with Crippen LogP contribution < -0.4 is 5.32 Å². The quantitative estimate of drug-likeness (QED) is 0.281. The van der Waals surface area contributed by atoms with Crippen molar-refractivity contribution in [1.82, 2.24) is 0 Å². The first-order valence-corrected chi connectivity index (χ1v) is 9.93. The molecule has 0 aliphatic heterocycles. The van der Waals surface area contributed by atoms with E-state index in [0.29, 0.717) is 29.4 Å². The van der Waals surface area contributed by atoms with Gasteiger partial charge in [-0.2, -0.15) is 5.26 Å². The SMILES string of the molecule is CCOC(=O)c1ccc(-c2ccc(/C=C(\C#N)C(=O)Nc3cccc(Cl)c3Cl)o2)cc1. The second kappa shape index (κ2) is 9.98. The third-order valence-electron chi connectivity index (χ3n) is 4.16. The van der Waals surface area contributed by atoms with Gasteiger partial charge >= 0.3 is 5.97 Å². The van der Waals surface area contributed by atoms with Gasteiger partial charge in [-0.05, 0) is 43.3 Å². The van der Waals surface area contributed by atoms with Gasteiger partial charge in [0.2, 0.25) is 0 Å². The number of nitrogens with one attached hydrogen (secondary N) is 1. The molecule has 0 saturated carbocycles. The minimum absolute atomic E-state index is 0.172. The van der Waals surface area contributed by atoms with Crippen molar-refractivity contribution in [2.45, 2.75) is 6.92 Å². The summed E-state index contributed by atoms with van der Waals surface area (Å²) in [5, 5.41) is 12.4. The van der Waals surface area contributed by atoms with Crippen molar-refractivity contribution in [1.29, 1.82) is 5.26 Å². The molecule has 1 aromatic heterocycles. The number of hydrogen-bond donors (Lipinski definition) is 1. The van der Waals surface area contributed by atoms with Gasteiger partial charge in [-0.15, -0.1) is 0 Å². The summed E-state index contributed by atoms with van der Waals surface area (Å²) in [7, 11) is 0. The Morgan fingerprint density at radius 1 is 1.13 bits per heavy atom.